The standard InChI is InChI=1S/C13H18BFN2O4/c1-12(2)13(3,4)21-14(20-12)11(16)8-5-6-9(15)10(7-8)17(18)19/h5-7,11H,16H2,1-4H3/t11-/m1/s1. The topological polar surface area (TPSA) is 87.6 Å². The molecule has 1 aromatic carbocycles. The lowest BCUT2D eigenvalue weighted by Gasteiger charge is -2.32. The zero-order chi connectivity index (χ0) is 16.0. The third kappa shape index (κ3) is 2.79. The minimum atomic E-state index is -0.898. The summed E-state index contributed by atoms with van der Waals surface area (Å²) in [5, 5.41) is 10.8. The number of nitro groups is 1. The number of hydrogen-bond donors (Lipinski definition) is 1. The van der Waals surface area contributed by atoms with Crippen LogP contribution in [0.5, 0.6) is 0 Å². The van der Waals surface area contributed by atoms with E-state index in [4.69, 9.17) is 15.0 Å². The highest BCUT2D eigenvalue weighted by Crippen LogP contribution is 2.39. The third-order valence-corrected chi connectivity index (χ3v) is 4.12. The van der Waals surface area contributed by atoms with E-state index < -0.39 is 40.7 Å². The van der Waals surface area contributed by atoms with Crippen molar-refractivity contribution in [2.24, 2.45) is 5.73 Å². The molecule has 0 aliphatic carbocycles. The van der Waals surface area contributed by atoms with Crippen molar-refractivity contribution >= 4 is 12.8 Å². The molecule has 1 aliphatic rings. The first-order chi connectivity index (χ1) is 9.55. The van der Waals surface area contributed by atoms with Crippen LogP contribution in [0.2, 0.25) is 0 Å². The van der Waals surface area contributed by atoms with Crippen molar-refractivity contribution in [3.63, 3.8) is 0 Å². The molecule has 1 saturated heterocycles. The molecule has 0 spiro atoms. The van der Waals surface area contributed by atoms with Crippen LogP contribution in [0.25, 0.3) is 0 Å². The molecule has 0 amide bonds. The van der Waals surface area contributed by atoms with Gasteiger partial charge in [-0.2, -0.15) is 4.39 Å². The first-order valence-corrected chi connectivity index (χ1v) is 6.60. The second kappa shape index (κ2) is 5.05. The number of nitro benzene ring substituents is 1. The van der Waals surface area contributed by atoms with E-state index in [0.717, 1.165) is 12.1 Å². The molecule has 8 heteroatoms. The Bertz CT molecular complexity index is 563. The lowest BCUT2D eigenvalue weighted by molar-refractivity contribution is -0.387. The fourth-order valence-corrected chi connectivity index (χ4v) is 2.07. The summed E-state index contributed by atoms with van der Waals surface area (Å²) in [6.07, 6.45) is 0. The van der Waals surface area contributed by atoms with E-state index in [1.165, 1.54) is 6.07 Å². The molecule has 6 nitrogen and oxygen atoms in total. The summed E-state index contributed by atoms with van der Waals surface area (Å²) >= 11 is 0. The summed E-state index contributed by atoms with van der Waals surface area (Å²) in [6, 6.07) is 3.54. The maximum absolute atomic E-state index is 13.4. The minimum Gasteiger partial charge on any atom is -0.402 e. The molecule has 0 unspecified atom stereocenters. The van der Waals surface area contributed by atoms with Crippen molar-refractivity contribution in [3.8, 4) is 0 Å². The summed E-state index contributed by atoms with van der Waals surface area (Å²) < 4.78 is 25.0. The number of halogens is 1. The van der Waals surface area contributed by atoms with Crippen LogP contribution in [0.3, 0.4) is 0 Å². The smallest absolute Gasteiger partial charge is 0.402 e. The van der Waals surface area contributed by atoms with Gasteiger partial charge in [0.15, 0.2) is 0 Å². The molecule has 0 aromatic heterocycles. The molecule has 1 fully saturated rings. The molecule has 114 valence electrons. The Morgan fingerprint density at radius 3 is 2.29 bits per heavy atom. The maximum Gasteiger partial charge on any atom is 0.480 e. The van der Waals surface area contributed by atoms with Gasteiger partial charge in [-0.3, -0.25) is 10.1 Å². The Hall–Kier alpha value is -1.51. The number of hydrogen-bond acceptors (Lipinski definition) is 5. The van der Waals surface area contributed by atoms with Crippen LogP contribution in [-0.4, -0.2) is 23.2 Å². The summed E-state index contributed by atoms with van der Waals surface area (Å²) in [6.45, 7) is 7.53. The van der Waals surface area contributed by atoms with Crippen molar-refractivity contribution in [3.05, 3.63) is 39.7 Å². The van der Waals surface area contributed by atoms with Gasteiger partial charge in [0, 0.05) is 6.07 Å². The Balaban J connectivity index is 2.28. The zero-order valence-electron chi connectivity index (χ0n) is 12.4. The lowest BCUT2D eigenvalue weighted by atomic mass is 9.75. The van der Waals surface area contributed by atoms with Gasteiger partial charge in [0.1, 0.15) is 0 Å². The van der Waals surface area contributed by atoms with Crippen LogP contribution in [0.1, 0.15) is 39.2 Å². The van der Waals surface area contributed by atoms with Gasteiger partial charge in [0.05, 0.1) is 22.1 Å². The average molecular weight is 296 g/mol. The van der Waals surface area contributed by atoms with Gasteiger partial charge in [-0.15, -0.1) is 0 Å². The Morgan fingerprint density at radius 2 is 1.81 bits per heavy atom. The molecule has 1 atom stereocenters. The number of nitrogens with zero attached hydrogens (tertiary/aromatic N) is 1. The number of nitrogens with two attached hydrogens (primary N) is 1. The summed E-state index contributed by atoms with van der Waals surface area (Å²) in [7, 11) is -0.750. The monoisotopic (exact) mass is 296 g/mol. The molecule has 2 N–H and O–H groups in total. The van der Waals surface area contributed by atoms with E-state index in [1.54, 1.807) is 0 Å². The second-order valence-corrected chi connectivity index (χ2v) is 6.12. The fourth-order valence-electron chi connectivity index (χ4n) is 2.07. The van der Waals surface area contributed by atoms with Crippen molar-refractivity contribution in [1.29, 1.82) is 0 Å². The molecule has 2 rings (SSSR count). The lowest BCUT2D eigenvalue weighted by Crippen LogP contribution is -2.41. The SMILES string of the molecule is CC1(C)OB([C@H](N)c2ccc(F)c([N+](=O)[O-])c2)OC1(C)C. The van der Waals surface area contributed by atoms with Crippen LogP contribution in [0.4, 0.5) is 10.1 Å². The molecule has 0 bridgehead atoms. The molecule has 0 saturated carbocycles. The molecule has 1 aliphatic heterocycles. The number of benzene rings is 1. The first-order valence-electron chi connectivity index (χ1n) is 6.60. The van der Waals surface area contributed by atoms with E-state index in [9.17, 15) is 14.5 Å². The molecular formula is C13H18BFN2O4. The van der Waals surface area contributed by atoms with Crippen LogP contribution >= 0.6 is 0 Å². The van der Waals surface area contributed by atoms with E-state index in [1.807, 2.05) is 27.7 Å². The molecule has 1 heterocycles. The van der Waals surface area contributed by atoms with Gasteiger partial charge >= 0.3 is 12.8 Å². The van der Waals surface area contributed by atoms with Crippen LogP contribution in [0, 0.1) is 15.9 Å². The molecular weight excluding hydrogens is 278 g/mol. The van der Waals surface area contributed by atoms with E-state index in [0.29, 0.717) is 5.56 Å². The van der Waals surface area contributed by atoms with Crippen LogP contribution in [0.15, 0.2) is 18.2 Å². The van der Waals surface area contributed by atoms with Crippen molar-refractivity contribution in [2.75, 3.05) is 0 Å². The summed E-state index contributed by atoms with van der Waals surface area (Å²) in [5.74, 6) is -1.64. The van der Waals surface area contributed by atoms with Crippen LogP contribution in [-0.2, 0) is 9.31 Å². The predicted molar refractivity (Wildman–Crippen MR) is 76.1 cm³/mol. The largest absolute Gasteiger partial charge is 0.480 e. The quantitative estimate of drug-likeness (QED) is 0.525. The maximum atomic E-state index is 13.4. The van der Waals surface area contributed by atoms with Gasteiger partial charge < -0.3 is 15.0 Å². The van der Waals surface area contributed by atoms with Crippen LogP contribution < -0.4 is 5.73 Å². The van der Waals surface area contributed by atoms with Gasteiger partial charge in [-0.05, 0) is 39.3 Å². The highest BCUT2D eigenvalue weighted by molar-refractivity contribution is 6.47. The normalized spacial score (nSPS) is 21.3. The number of rotatable bonds is 3. The predicted octanol–water partition coefficient (Wildman–Crippen LogP) is 2.37. The molecule has 0 radical (unpaired) electrons. The summed E-state index contributed by atoms with van der Waals surface area (Å²) in [4.78, 5) is 10.0. The van der Waals surface area contributed by atoms with E-state index >= 15 is 0 Å². The van der Waals surface area contributed by atoms with Gasteiger partial charge in [-0.1, -0.05) is 6.07 Å². The van der Waals surface area contributed by atoms with E-state index in [2.05, 4.69) is 0 Å². The Labute approximate surface area is 122 Å². The average Bonchev–Trinajstić information content (AvgIpc) is 2.58. The third-order valence-electron chi connectivity index (χ3n) is 4.12. The Morgan fingerprint density at radius 1 is 1.29 bits per heavy atom. The molecule has 21 heavy (non-hydrogen) atoms. The zero-order valence-corrected chi connectivity index (χ0v) is 12.4. The fraction of sp³-hybridized carbons (Fsp3) is 0.538. The van der Waals surface area contributed by atoms with Gasteiger partial charge in [0.25, 0.3) is 0 Å². The van der Waals surface area contributed by atoms with Crippen molar-refractivity contribution < 1.29 is 18.6 Å². The molecule has 1 aromatic rings. The van der Waals surface area contributed by atoms with Gasteiger partial charge in [0.2, 0.25) is 5.82 Å². The van der Waals surface area contributed by atoms with Gasteiger partial charge in [-0.25, -0.2) is 0 Å². The first kappa shape index (κ1) is 15.9. The highest BCUT2D eigenvalue weighted by Gasteiger charge is 2.53. The van der Waals surface area contributed by atoms with Crippen molar-refractivity contribution in [1.82, 2.24) is 0 Å². The minimum absolute atomic E-state index is 0.390. The van der Waals surface area contributed by atoms with E-state index in [-0.39, 0.29) is 0 Å². The Kier molecular flexibility index (Phi) is 3.81. The van der Waals surface area contributed by atoms with Crippen molar-refractivity contribution in [2.45, 2.75) is 44.8 Å². The second-order valence-electron chi connectivity index (χ2n) is 6.12. The summed E-state index contributed by atoms with van der Waals surface area (Å²) in [5.41, 5.74) is 4.74. The highest BCUT2D eigenvalue weighted by atomic mass is 19.1.